The van der Waals surface area contributed by atoms with Gasteiger partial charge >= 0.3 is 39.1 Å². The van der Waals surface area contributed by atoms with Crippen molar-refractivity contribution >= 4 is 88.1 Å². The van der Waals surface area contributed by atoms with E-state index >= 15 is 0 Å². The highest BCUT2D eigenvalue weighted by Gasteiger charge is 2.39. The minimum Gasteiger partial charge on any atom is -0.394 e. The zero-order valence-electron chi connectivity index (χ0n) is 31.9. The zero-order valence-corrected chi connectivity index (χ0v) is 36.4. The van der Waals surface area contributed by atoms with Crippen LogP contribution in [0.4, 0.5) is 0 Å². The Hall–Kier alpha value is -2.66. The number of benzene rings is 5. The van der Waals surface area contributed by atoms with Crippen LogP contribution in [0.15, 0.2) is 60.7 Å². The average molecular weight is 974 g/mol. The van der Waals surface area contributed by atoms with Crippen LogP contribution in [0.3, 0.4) is 0 Å². The van der Waals surface area contributed by atoms with Gasteiger partial charge in [0.1, 0.15) is 6.10 Å². The predicted molar refractivity (Wildman–Crippen MR) is 215 cm³/mol. The normalized spacial score (nSPS) is 19.2. The molecular formula is C33H40NO23P5. The van der Waals surface area contributed by atoms with Crippen molar-refractivity contribution in [3.63, 3.8) is 0 Å². The Labute approximate surface area is 350 Å². The van der Waals surface area contributed by atoms with Gasteiger partial charge in [-0.3, -0.25) is 45.5 Å². The molecule has 1 amide bonds. The van der Waals surface area contributed by atoms with E-state index in [-0.39, 0.29) is 11.1 Å². The molecule has 6 atom stereocenters. The van der Waals surface area contributed by atoms with Crippen molar-refractivity contribution in [2.24, 2.45) is 0 Å². The van der Waals surface area contributed by atoms with Gasteiger partial charge in [0.15, 0.2) is 6.23 Å². The molecule has 1 heterocycles. The summed E-state index contributed by atoms with van der Waals surface area (Å²) in [6, 6.07) is 18.5. The van der Waals surface area contributed by atoms with E-state index in [1.165, 1.54) is 0 Å². The van der Waals surface area contributed by atoms with Gasteiger partial charge in [0.2, 0.25) is 0 Å². The van der Waals surface area contributed by atoms with Crippen LogP contribution in [-0.2, 0) is 63.5 Å². The minimum atomic E-state index is -5.31. The molecule has 6 unspecified atom stereocenters. The fourth-order valence-corrected chi connectivity index (χ4v) is 9.98. The Morgan fingerprint density at radius 1 is 0.548 bits per heavy atom. The van der Waals surface area contributed by atoms with Gasteiger partial charge in [-0.1, -0.05) is 54.6 Å². The quantitative estimate of drug-likeness (QED) is 0.0176. The molecule has 5 aromatic carbocycles. The van der Waals surface area contributed by atoms with Crippen LogP contribution in [0, 0.1) is 0 Å². The molecule has 1 aliphatic heterocycles. The lowest BCUT2D eigenvalue weighted by Gasteiger charge is -2.36. The third kappa shape index (κ3) is 12.2. The molecule has 0 spiro atoms. The van der Waals surface area contributed by atoms with Crippen LogP contribution in [-0.4, -0.2) is 122 Å². The number of carbonyl (C=O) groups is 1. The number of aliphatic hydroxyl groups excluding tert-OH is 2. The van der Waals surface area contributed by atoms with Crippen LogP contribution in [0.5, 0.6) is 0 Å². The molecule has 5 aromatic rings. The lowest BCUT2D eigenvalue weighted by atomic mass is 9.84. The smallest absolute Gasteiger partial charge is 0.394 e. The molecular weight excluding hydrogens is 933 g/mol. The number of rotatable bonds is 25. The number of fused-ring (bicyclic) bond motifs is 2. The Kier molecular flexibility index (Phi) is 15.6. The van der Waals surface area contributed by atoms with E-state index in [1.807, 2.05) is 36.4 Å². The van der Waals surface area contributed by atoms with Crippen LogP contribution in [0.25, 0.3) is 43.1 Å². The second-order valence-electron chi connectivity index (χ2n) is 13.1. The van der Waals surface area contributed by atoms with Gasteiger partial charge in [0, 0.05) is 16.5 Å². The van der Waals surface area contributed by atoms with Gasteiger partial charge in [-0.2, -0.15) is 0 Å². The number of hydrogen-bond acceptors (Lipinski definition) is 17. The van der Waals surface area contributed by atoms with E-state index in [1.54, 1.807) is 24.3 Å². The predicted octanol–water partition coefficient (Wildman–Crippen LogP) is 4.19. The summed E-state index contributed by atoms with van der Waals surface area (Å²) in [5, 5.41) is 27.1. The fraction of sp³-hybridized carbons (Fsp3) is 0.364. The van der Waals surface area contributed by atoms with Crippen molar-refractivity contribution < 1.29 is 108 Å². The Balaban J connectivity index is 1.19. The molecule has 0 saturated heterocycles. The number of carbonyl (C=O) groups excluding carboxylic acids is 1. The van der Waals surface area contributed by atoms with Crippen LogP contribution in [0.2, 0.25) is 0 Å². The summed E-state index contributed by atoms with van der Waals surface area (Å²) in [4.78, 5) is 72.7. The van der Waals surface area contributed by atoms with Crippen LogP contribution >= 0.6 is 39.1 Å². The van der Waals surface area contributed by atoms with Crippen LogP contribution < -0.4 is 0 Å². The topological polar surface area (TPSA) is 351 Å². The fourth-order valence-electron chi connectivity index (χ4n) is 6.69. The first-order valence-corrected chi connectivity index (χ1v) is 25.6. The van der Waals surface area contributed by atoms with Crippen molar-refractivity contribution in [3.05, 3.63) is 71.8 Å². The summed E-state index contributed by atoms with van der Waals surface area (Å²) in [7, 11) is -24.9. The lowest BCUT2D eigenvalue weighted by Crippen LogP contribution is -2.44. The molecule has 0 aliphatic carbocycles. The number of phosphoric acid groups is 5. The molecule has 62 heavy (non-hydrogen) atoms. The first kappa shape index (κ1) is 48.8. The Bertz CT molecular complexity index is 2610. The molecule has 1 aliphatic rings. The highest BCUT2D eigenvalue weighted by Crippen LogP contribution is 2.50. The second-order valence-corrected chi connectivity index (χ2v) is 20.1. The van der Waals surface area contributed by atoms with E-state index in [2.05, 4.69) is 22.6 Å². The third-order valence-corrected chi connectivity index (χ3v) is 13.6. The number of phosphoric ester groups is 5. The largest absolute Gasteiger partial charge is 0.472 e. The standard InChI is InChI=1S/C33H40NO23P5/c35-11-12-50-59(41,42)52-15-16-54-61(45,46)56-20-22(57-62(47,48)55-18-17-53-60(43,44)51-14-13-49-58(38,39)40)19-34-32(36)27-9-7-25-23-5-1-3-21-4-2-6-24(29(21)23)26-8-10-28(33(34)37)31(27)30(25)26/h1-10,22,32,35-36H,11-20H2,(H,41,42)(H,43,44)(H,45,46)(H,47,48)(H2,38,39,40). The summed E-state index contributed by atoms with van der Waals surface area (Å²) in [5.41, 5.74) is 0.415. The van der Waals surface area contributed by atoms with Gasteiger partial charge < -0.3 is 44.5 Å². The molecule has 8 N–H and O–H groups in total. The number of aliphatic hydroxyl groups is 2. The summed E-state index contributed by atoms with van der Waals surface area (Å²) in [5.74, 6) is -0.774. The second kappa shape index (κ2) is 19.8. The number of nitrogens with zero attached hydrogens (tertiary/aromatic N) is 1. The monoisotopic (exact) mass is 973 g/mol. The zero-order chi connectivity index (χ0) is 45.1. The van der Waals surface area contributed by atoms with E-state index in [0.29, 0.717) is 10.8 Å². The first-order chi connectivity index (χ1) is 29.1. The maximum atomic E-state index is 14.2. The third-order valence-electron chi connectivity index (χ3n) is 8.98. The molecule has 0 fully saturated rings. The molecule has 0 aromatic heterocycles. The van der Waals surface area contributed by atoms with E-state index in [4.69, 9.17) is 33.0 Å². The van der Waals surface area contributed by atoms with E-state index < -0.39 is 123 Å². The maximum Gasteiger partial charge on any atom is 0.472 e. The number of hydrogen-bond donors (Lipinski definition) is 8. The Morgan fingerprint density at radius 2 is 1.02 bits per heavy atom. The molecule has 0 bridgehead atoms. The van der Waals surface area contributed by atoms with Crippen molar-refractivity contribution in [2.45, 2.75) is 12.3 Å². The van der Waals surface area contributed by atoms with Crippen molar-refractivity contribution in [1.29, 1.82) is 0 Å². The van der Waals surface area contributed by atoms with Gasteiger partial charge in [0.25, 0.3) is 5.91 Å². The Morgan fingerprint density at radius 3 is 1.55 bits per heavy atom. The van der Waals surface area contributed by atoms with Gasteiger partial charge in [-0.15, -0.1) is 0 Å². The molecule has 6 rings (SSSR count). The summed E-state index contributed by atoms with van der Waals surface area (Å²) in [6.45, 7) is -8.13. The maximum absolute atomic E-state index is 14.2. The molecule has 24 nitrogen and oxygen atoms in total. The van der Waals surface area contributed by atoms with Crippen molar-refractivity contribution in [3.8, 4) is 0 Å². The van der Waals surface area contributed by atoms with Crippen molar-refractivity contribution in [1.82, 2.24) is 4.90 Å². The summed E-state index contributed by atoms with van der Waals surface area (Å²) in [6.07, 6.45) is -3.59. The van der Waals surface area contributed by atoms with E-state index in [0.717, 1.165) is 37.2 Å². The highest BCUT2D eigenvalue weighted by atomic mass is 31.2. The molecule has 340 valence electrons. The first-order valence-electron chi connectivity index (χ1n) is 18.0. The molecule has 0 saturated carbocycles. The van der Waals surface area contributed by atoms with Crippen LogP contribution in [0.1, 0.15) is 22.1 Å². The molecule has 0 radical (unpaired) electrons. The molecule has 29 heteroatoms. The summed E-state index contributed by atoms with van der Waals surface area (Å²) >= 11 is 0. The van der Waals surface area contributed by atoms with Gasteiger partial charge in [-0.05, 0) is 43.8 Å². The van der Waals surface area contributed by atoms with Crippen molar-refractivity contribution in [2.75, 3.05) is 66.0 Å². The minimum absolute atomic E-state index is 0.141. The lowest BCUT2D eigenvalue weighted by molar-refractivity contribution is -0.0264. The number of amides is 1. The summed E-state index contributed by atoms with van der Waals surface area (Å²) < 4.78 is 102. The average Bonchev–Trinajstić information content (AvgIpc) is 3.20. The van der Waals surface area contributed by atoms with E-state index in [9.17, 15) is 52.3 Å². The van der Waals surface area contributed by atoms with Gasteiger partial charge in [0.05, 0.1) is 66.0 Å². The highest BCUT2D eigenvalue weighted by molar-refractivity contribution is 7.48. The SMILES string of the molecule is O=C1c2ccc3c4cccc5cccc(c6ccc(c2c36)C(O)N1CC(COP(=O)(O)OCCOP(=O)(O)OCCO)OP(=O)(O)OCCOP(=O)(O)OCCOP(=O)(O)O)c54. The van der Waals surface area contributed by atoms with Gasteiger partial charge in [-0.25, -0.2) is 22.8 Å².